The van der Waals surface area contributed by atoms with Gasteiger partial charge in [0.1, 0.15) is 5.75 Å². The van der Waals surface area contributed by atoms with E-state index in [2.05, 4.69) is 6.92 Å². The summed E-state index contributed by atoms with van der Waals surface area (Å²) in [4.78, 5) is 12.1. The van der Waals surface area contributed by atoms with Crippen LogP contribution in [0.1, 0.15) is 42.1 Å². The molecule has 18 heavy (non-hydrogen) atoms. The van der Waals surface area contributed by atoms with Crippen LogP contribution < -0.4 is 4.74 Å². The Morgan fingerprint density at radius 3 is 3.11 bits per heavy atom. The second-order valence-corrected chi connectivity index (χ2v) is 4.53. The number of ether oxygens (including phenoxy) is 2. The van der Waals surface area contributed by atoms with Gasteiger partial charge in [-0.2, -0.15) is 0 Å². The Hall–Kier alpha value is -1.35. The number of fused-ring (bicyclic) bond motifs is 1. The lowest BCUT2D eigenvalue weighted by Gasteiger charge is -2.19. The summed E-state index contributed by atoms with van der Waals surface area (Å²) in [6, 6.07) is 5.83. The van der Waals surface area contributed by atoms with Gasteiger partial charge in [-0.3, -0.25) is 4.79 Å². The van der Waals surface area contributed by atoms with Crippen LogP contribution in [0.5, 0.6) is 5.75 Å². The Balaban J connectivity index is 2.01. The van der Waals surface area contributed by atoms with Crippen LogP contribution in [0, 0.1) is 0 Å². The minimum atomic E-state index is 0.116. The molecule has 0 aliphatic carbocycles. The SMILES string of the molecule is CCCOCCC(=O)c1cccc2c1OCCC2. The summed E-state index contributed by atoms with van der Waals surface area (Å²) in [6.45, 7) is 3.99. The number of rotatable bonds is 6. The molecule has 0 atom stereocenters. The first-order valence-corrected chi connectivity index (χ1v) is 6.68. The van der Waals surface area contributed by atoms with E-state index in [4.69, 9.17) is 9.47 Å². The fraction of sp³-hybridized carbons (Fsp3) is 0.533. The van der Waals surface area contributed by atoms with Crippen molar-refractivity contribution >= 4 is 5.78 Å². The average molecular weight is 248 g/mol. The van der Waals surface area contributed by atoms with E-state index in [-0.39, 0.29) is 5.78 Å². The lowest BCUT2D eigenvalue weighted by atomic mass is 9.99. The molecule has 1 aromatic carbocycles. The van der Waals surface area contributed by atoms with Crippen molar-refractivity contribution in [1.29, 1.82) is 0 Å². The van der Waals surface area contributed by atoms with Crippen LogP contribution >= 0.6 is 0 Å². The predicted molar refractivity (Wildman–Crippen MR) is 70.3 cm³/mol. The van der Waals surface area contributed by atoms with Crippen LogP contribution in [-0.2, 0) is 11.2 Å². The second kappa shape index (κ2) is 6.55. The highest BCUT2D eigenvalue weighted by Gasteiger charge is 2.18. The summed E-state index contributed by atoms with van der Waals surface area (Å²) in [5.74, 6) is 0.911. The molecule has 1 aliphatic rings. The van der Waals surface area contributed by atoms with Gasteiger partial charge in [-0.05, 0) is 30.9 Å². The first-order chi connectivity index (χ1) is 8.83. The van der Waals surface area contributed by atoms with E-state index in [0.717, 1.165) is 37.2 Å². The Kier molecular flexibility index (Phi) is 4.76. The summed E-state index contributed by atoms with van der Waals surface area (Å²) in [5.41, 5.74) is 1.87. The molecule has 98 valence electrons. The molecule has 0 unspecified atom stereocenters. The minimum absolute atomic E-state index is 0.116. The van der Waals surface area contributed by atoms with E-state index in [1.807, 2.05) is 18.2 Å². The fourth-order valence-corrected chi connectivity index (χ4v) is 2.15. The highest BCUT2D eigenvalue weighted by atomic mass is 16.5. The van der Waals surface area contributed by atoms with Crippen molar-refractivity contribution in [3.05, 3.63) is 29.3 Å². The van der Waals surface area contributed by atoms with Crippen LogP contribution in [0.2, 0.25) is 0 Å². The van der Waals surface area contributed by atoms with Crippen LogP contribution in [-0.4, -0.2) is 25.6 Å². The Morgan fingerprint density at radius 2 is 2.28 bits per heavy atom. The smallest absolute Gasteiger partial charge is 0.168 e. The Morgan fingerprint density at radius 1 is 1.39 bits per heavy atom. The summed E-state index contributed by atoms with van der Waals surface area (Å²) in [7, 11) is 0. The van der Waals surface area contributed by atoms with Gasteiger partial charge in [-0.25, -0.2) is 0 Å². The van der Waals surface area contributed by atoms with E-state index < -0.39 is 0 Å². The third-order valence-corrected chi connectivity index (χ3v) is 3.06. The number of para-hydroxylation sites is 1. The van der Waals surface area contributed by atoms with Crippen LogP contribution in [0.25, 0.3) is 0 Å². The zero-order chi connectivity index (χ0) is 12.8. The normalized spacial score (nSPS) is 13.8. The molecule has 3 heteroatoms. The number of hydrogen-bond donors (Lipinski definition) is 0. The Labute approximate surface area is 108 Å². The van der Waals surface area contributed by atoms with E-state index in [1.165, 1.54) is 0 Å². The molecule has 0 aromatic heterocycles. The maximum atomic E-state index is 12.1. The Bertz CT molecular complexity index is 412. The molecule has 2 rings (SSSR count). The van der Waals surface area contributed by atoms with E-state index in [9.17, 15) is 4.79 Å². The van der Waals surface area contributed by atoms with Crippen molar-refractivity contribution in [3.63, 3.8) is 0 Å². The van der Waals surface area contributed by atoms with Gasteiger partial charge in [0.2, 0.25) is 0 Å². The molecular formula is C15H20O3. The summed E-state index contributed by atoms with van der Waals surface area (Å²) in [5, 5.41) is 0. The van der Waals surface area contributed by atoms with Crippen LogP contribution in [0.4, 0.5) is 0 Å². The van der Waals surface area contributed by atoms with Gasteiger partial charge in [0, 0.05) is 13.0 Å². The number of carbonyl (C=O) groups excluding carboxylic acids is 1. The van der Waals surface area contributed by atoms with Crippen molar-refractivity contribution in [2.45, 2.75) is 32.6 Å². The standard InChI is InChI=1S/C15H20O3/c1-2-9-17-11-8-14(16)13-7-3-5-12-6-4-10-18-15(12)13/h3,5,7H,2,4,6,8-11H2,1H3. The van der Waals surface area contributed by atoms with Crippen molar-refractivity contribution in [1.82, 2.24) is 0 Å². The summed E-state index contributed by atoms with van der Waals surface area (Å²) in [6.07, 6.45) is 3.45. The van der Waals surface area contributed by atoms with Crippen molar-refractivity contribution in [3.8, 4) is 5.75 Å². The second-order valence-electron chi connectivity index (χ2n) is 4.53. The quantitative estimate of drug-likeness (QED) is 0.573. The molecule has 0 amide bonds. The number of benzene rings is 1. The number of Topliss-reactive ketones (excluding diaryl/α,β-unsaturated/α-hetero) is 1. The molecule has 0 spiro atoms. The van der Waals surface area contributed by atoms with Gasteiger partial charge < -0.3 is 9.47 Å². The molecule has 3 nitrogen and oxygen atoms in total. The number of hydrogen-bond acceptors (Lipinski definition) is 3. The molecule has 0 saturated heterocycles. The molecule has 1 aromatic rings. The first-order valence-electron chi connectivity index (χ1n) is 6.68. The van der Waals surface area contributed by atoms with E-state index >= 15 is 0 Å². The monoisotopic (exact) mass is 248 g/mol. The van der Waals surface area contributed by atoms with E-state index in [0.29, 0.717) is 25.2 Å². The maximum absolute atomic E-state index is 12.1. The molecule has 0 radical (unpaired) electrons. The molecule has 1 heterocycles. The van der Waals surface area contributed by atoms with Gasteiger partial charge in [0.25, 0.3) is 0 Å². The minimum Gasteiger partial charge on any atom is -0.493 e. The lowest BCUT2D eigenvalue weighted by molar-refractivity contribution is 0.0874. The largest absolute Gasteiger partial charge is 0.493 e. The molecule has 1 aliphatic heterocycles. The van der Waals surface area contributed by atoms with Gasteiger partial charge >= 0.3 is 0 Å². The van der Waals surface area contributed by atoms with Gasteiger partial charge in [0.15, 0.2) is 5.78 Å². The first kappa shape index (κ1) is 13.1. The van der Waals surface area contributed by atoms with Gasteiger partial charge in [-0.15, -0.1) is 0 Å². The van der Waals surface area contributed by atoms with Gasteiger partial charge in [0.05, 0.1) is 18.8 Å². The summed E-state index contributed by atoms with van der Waals surface area (Å²) < 4.78 is 11.0. The number of ketones is 1. The van der Waals surface area contributed by atoms with Crippen molar-refractivity contribution in [2.24, 2.45) is 0 Å². The highest BCUT2D eigenvalue weighted by Crippen LogP contribution is 2.29. The van der Waals surface area contributed by atoms with Crippen molar-refractivity contribution < 1.29 is 14.3 Å². The van der Waals surface area contributed by atoms with E-state index in [1.54, 1.807) is 0 Å². The predicted octanol–water partition coefficient (Wildman–Crippen LogP) is 3.01. The molecular weight excluding hydrogens is 228 g/mol. The highest BCUT2D eigenvalue weighted by molar-refractivity contribution is 5.99. The number of aryl methyl sites for hydroxylation is 1. The third-order valence-electron chi connectivity index (χ3n) is 3.06. The van der Waals surface area contributed by atoms with Crippen LogP contribution in [0.15, 0.2) is 18.2 Å². The topological polar surface area (TPSA) is 35.5 Å². The zero-order valence-corrected chi connectivity index (χ0v) is 10.9. The molecule has 0 saturated carbocycles. The molecule has 0 bridgehead atoms. The van der Waals surface area contributed by atoms with Gasteiger partial charge in [-0.1, -0.05) is 19.1 Å². The number of carbonyl (C=O) groups is 1. The zero-order valence-electron chi connectivity index (χ0n) is 10.9. The summed E-state index contributed by atoms with van der Waals surface area (Å²) >= 11 is 0. The average Bonchev–Trinajstić information content (AvgIpc) is 2.43. The molecule has 0 fully saturated rings. The van der Waals surface area contributed by atoms with Crippen LogP contribution in [0.3, 0.4) is 0 Å². The maximum Gasteiger partial charge on any atom is 0.168 e. The lowest BCUT2D eigenvalue weighted by Crippen LogP contribution is -2.14. The molecule has 0 N–H and O–H groups in total. The van der Waals surface area contributed by atoms with Crippen molar-refractivity contribution in [2.75, 3.05) is 19.8 Å². The third kappa shape index (κ3) is 3.10. The fourth-order valence-electron chi connectivity index (χ4n) is 2.15.